The van der Waals surface area contributed by atoms with Crippen LogP contribution in [0.1, 0.15) is 5.69 Å². The molecule has 2 aliphatic rings. The van der Waals surface area contributed by atoms with Gasteiger partial charge in [0.15, 0.2) is 15.8 Å². The summed E-state index contributed by atoms with van der Waals surface area (Å²) < 4.78 is 11.1. The van der Waals surface area contributed by atoms with Crippen LogP contribution in [0.2, 0.25) is 0 Å². The van der Waals surface area contributed by atoms with Crippen molar-refractivity contribution in [2.24, 2.45) is 0 Å². The molecule has 1 fully saturated rings. The number of anilines is 1. The Morgan fingerprint density at radius 3 is 2.91 bits per heavy atom. The van der Waals surface area contributed by atoms with Crippen LogP contribution in [0.5, 0.6) is 11.5 Å². The summed E-state index contributed by atoms with van der Waals surface area (Å²) in [5, 5.41) is 0. The maximum atomic E-state index is 12.7. The third kappa shape index (κ3) is 2.58. The fourth-order valence-corrected chi connectivity index (χ4v) is 3.59. The Labute approximate surface area is 141 Å². The maximum Gasteiger partial charge on any atom is 0.270 e. The molecule has 0 unspecified atom stereocenters. The molecule has 3 heterocycles. The number of nitrogens with zero attached hydrogens (tertiary/aromatic N) is 2. The van der Waals surface area contributed by atoms with E-state index in [1.165, 1.54) is 16.7 Å². The number of carbonyl (C=O) groups is 1. The first kappa shape index (κ1) is 14.2. The molecule has 0 atom stereocenters. The lowest BCUT2D eigenvalue weighted by atomic mass is 10.2. The van der Waals surface area contributed by atoms with Crippen molar-refractivity contribution in [3.8, 4) is 11.5 Å². The van der Waals surface area contributed by atoms with E-state index in [9.17, 15) is 4.79 Å². The number of pyridine rings is 1. The zero-order valence-corrected chi connectivity index (χ0v) is 13.4. The lowest BCUT2D eigenvalue weighted by Gasteiger charge is -2.14. The second-order valence-electron chi connectivity index (χ2n) is 4.81. The van der Waals surface area contributed by atoms with Crippen molar-refractivity contribution in [3.05, 3.63) is 53.2 Å². The van der Waals surface area contributed by atoms with Crippen molar-refractivity contribution in [2.45, 2.75) is 0 Å². The monoisotopic (exact) mass is 342 g/mol. The summed E-state index contributed by atoms with van der Waals surface area (Å²) in [7, 11) is 0. The van der Waals surface area contributed by atoms with E-state index in [2.05, 4.69) is 4.98 Å². The van der Waals surface area contributed by atoms with Crippen molar-refractivity contribution in [3.63, 3.8) is 0 Å². The molecule has 0 spiro atoms. The lowest BCUT2D eigenvalue weighted by Crippen LogP contribution is -2.27. The third-order valence-electron chi connectivity index (χ3n) is 3.37. The van der Waals surface area contributed by atoms with Crippen LogP contribution < -0.4 is 14.4 Å². The van der Waals surface area contributed by atoms with Crippen LogP contribution in [0.25, 0.3) is 6.08 Å². The van der Waals surface area contributed by atoms with Gasteiger partial charge < -0.3 is 9.47 Å². The van der Waals surface area contributed by atoms with Gasteiger partial charge in [-0.05, 0) is 30.3 Å². The van der Waals surface area contributed by atoms with Crippen LogP contribution in [0, 0.1) is 0 Å². The molecule has 0 bridgehead atoms. The quantitative estimate of drug-likeness (QED) is 0.617. The van der Waals surface area contributed by atoms with E-state index in [0.717, 1.165) is 5.69 Å². The number of carbonyl (C=O) groups excluding carboxylic acids is 1. The molecule has 4 rings (SSSR count). The number of fused-ring (bicyclic) bond motifs is 1. The number of aromatic nitrogens is 1. The van der Waals surface area contributed by atoms with Gasteiger partial charge in [0, 0.05) is 12.3 Å². The zero-order valence-electron chi connectivity index (χ0n) is 11.8. The number of rotatable bonds is 2. The van der Waals surface area contributed by atoms with Crippen LogP contribution in [-0.2, 0) is 4.79 Å². The van der Waals surface area contributed by atoms with Gasteiger partial charge in [-0.3, -0.25) is 14.7 Å². The fourth-order valence-electron chi connectivity index (χ4n) is 2.31. The summed E-state index contributed by atoms with van der Waals surface area (Å²) in [6, 6.07) is 10.9. The number of hydrogen-bond donors (Lipinski definition) is 0. The molecule has 1 amide bonds. The minimum Gasteiger partial charge on any atom is -0.454 e. The Hall–Kier alpha value is -2.38. The number of benzene rings is 1. The average molecular weight is 342 g/mol. The van der Waals surface area contributed by atoms with Gasteiger partial charge >= 0.3 is 0 Å². The van der Waals surface area contributed by atoms with Crippen molar-refractivity contribution < 1.29 is 14.3 Å². The second-order valence-corrected chi connectivity index (χ2v) is 6.49. The Kier molecular flexibility index (Phi) is 3.51. The topological polar surface area (TPSA) is 51.7 Å². The minimum atomic E-state index is -0.162. The van der Waals surface area contributed by atoms with E-state index in [1.807, 2.05) is 18.2 Å². The molecular weight excluding hydrogens is 332 g/mol. The molecule has 0 aliphatic carbocycles. The fraction of sp³-hybridized carbons (Fsp3) is 0.0625. The number of thioether (sulfide) groups is 1. The minimum absolute atomic E-state index is 0.162. The van der Waals surface area contributed by atoms with Gasteiger partial charge in [-0.1, -0.05) is 30.0 Å². The van der Waals surface area contributed by atoms with Crippen molar-refractivity contribution in [1.29, 1.82) is 0 Å². The molecular formula is C16H10N2O3S2. The molecule has 0 N–H and O–H groups in total. The molecule has 114 valence electrons. The molecule has 5 nitrogen and oxygen atoms in total. The summed E-state index contributed by atoms with van der Waals surface area (Å²) in [4.78, 5) is 18.9. The van der Waals surface area contributed by atoms with Crippen LogP contribution >= 0.6 is 24.0 Å². The highest BCUT2D eigenvalue weighted by Crippen LogP contribution is 2.40. The number of ether oxygens (including phenoxy) is 2. The number of amides is 1. The summed E-state index contributed by atoms with van der Waals surface area (Å²) in [5.41, 5.74) is 1.39. The van der Waals surface area contributed by atoms with Gasteiger partial charge in [0.1, 0.15) is 0 Å². The molecule has 1 aromatic carbocycles. The van der Waals surface area contributed by atoms with Crippen molar-refractivity contribution in [1.82, 2.24) is 4.98 Å². The van der Waals surface area contributed by atoms with Crippen LogP contribution in [0.4, 0.5) is 5.69 Å². The standard InChI is InChI=1S/C16H10N2O3S2/c19-15-14(7-10-3-1-2-6-17-10)23-16(22)18(15)11-4-5-12-13(8-11)21-9-20-12/h1-8H,9H2/b14-7-. The van der Waals surface area contributed by atoms with Gasteiger partial charge in [0.25, 0.3) is 5.91 Å². The Morgan fingerprint density at radius 1 is 1.22 bits per heavy atom. The molecule has 1 aromatic heterocycles. The average Bonchev–Trinajstić information content (AvgIpc) is 3.13. The highest BCUT2D eigenvalue weighted by molar-refractivity contribution is 8.27. The molecule has 1 saturated heterocycles. The van der Waals surface area contributed by atoms with Gasteiger partial charge in [-0.2, -0.15) is 0 Å². The van der Waals surface area contributed by atoms with E-state index >= 15 is 0 Å². The molecule has 0 radical (unpaired) electrons. The number of hydrogen-bond acceptors (Lipinski definition) is 6. The van der Waals surface area contributed by atoms with Crippen LogP contribution in [0.15, 0.2) is 47.5 Å². The summed E-state index contributed by atoms with van der Waals surface area (Å²) in [5.74, 6) is 1.12. The molecule has 23 heavy (non-hydrogen) atoms. The van der Waals surface area contributed by atoms with Gasteiger partial charge in [0.2, 0.25) is 6.79 Å². The maximum absolute atomic E-state index is 12.7. The third-order valence-corrected chi connectivity index (χ3v) is 4.68. The smallest absolute Gasteiger partial charge is 0.270 e. The highest BCUT2D eigenvalue weighted by atomic mass is 32.2. The SMILES string of the molecule is O=C1/C(=C/c2ccccn2)SC(=S)N1c1ccc2c(c1)OCO2. The van der Waals surface area contributed by atoms with E-state index in [1.54, 1.807) is 30.5 Å². The first-order valence-corrected chi connectivity index (χ1v) is 8.03. The summed E-state index contributed by atoms with van der Waals surface area (Å²) in [6.45, 7) is 0.191. The largest absolute Gasteiger partial charge is 0.454 e. The molecule has 7 heteroatoms. The molecule has 0 saturated carbocycles. The van der Waals surface area contributed by atoms with Crippen molar-refractivity contribution >= 4 is 46.0 Å². The van der Waals surface area contributed by atoms with Crippen LogP contribution in [-0.4, -0.2) is 22.0 Å². The van der Waals surface area contributed by atoms with Crippen LogP contribution in [0.3, 0.4) is 0 Å². The van der Waals surface area contributed by atoms with E-state index in [0.29, 0.717) is 26.4 Å². The molecule has 2 aliphatic heterocycles. The first-order valence-electron chi connectivity index (χ1n) is 6.81. The number of thiocarbonyl (C=S) groups is 1. The molecule has 2 aromatic rings. The predicted molar refractivity (Wildman–Crippen MR) is 92.5 cm³/mol. The summed E-state index contributed by atoms with van der Waals surface area (Å²) >= 11 is 6.62. The highest BCUT2D eigenvalue weighted by Gasteiger charge is 2.34. The summed E-state index contributed by atoms with van der Waals surface area (Å²) in [6.07, 6.45) is 3.43. The Morgan fingerprint density at radius 2 is 2.09 bits per heavy atom. The van der Waals surface area contributed by atoms with Gasteiger partial charge in [-0.15, -0.1) is 0 Å². The second kappa shape index (κ2) is 5.68. The van der Waals surface area contributed by atoms with E-state index in [4.69, 9.17) is 21.7 Å². The zero-order chi connectivity index (χ0) is 15.8. The predicted octanol–water partition coefficient (Wildman–Crippen LogP) is 3.22. The Bertz CT molecular complexity index is 836. The Balaban J connectivity index is 1.67. The first-order chi connectivity index (χ1) is 11.2. The van der Waals surface area contributed by atoms with Gasteiger partial charge in [0.05, 0.1) is 16.3 Å². The normalized spacial score (nSPS) is 18.1. The van der Waals surface area contributed by atoms with E-state index < -0.39 is 0 Å². The van der Waals surface area contributed by atoms with E-state index in [-0.39, 0.29) is 12.7 Å². The lowest BCUT2D eigenvalue weighted by molar-refractivity contribution is -0.113. The van der Waals surface area contributed by atoms with Crippen molar-refractivity contribution in [2.75, 3.05) is 11.7 Å². The van der Waals surface area contributed by atoms with Gasteiger partial charge in [-0.25, -0.2) is 0 Å².